The van der Waals surface area contributed by atoms with Crippen LogP contribution in [0.3, 0.4) is 0 Å². The van der Waals surface area contributed by atoms with Gasteiger partial charge in [0.25, 0.3) is 0 Å². The van der Waals surface area contributed by atoms with Gasteiger partial charge in [-0.15, -0.1) is 0 Å². The summed E-state index contributed by atoms with van der Waals surface area (Å²) < 4.78 is 11.8. The van der Waals surface area contributed by atoms with Gasteiger partial charge in [-0.05, 0) is 66.4 Å². The third-order valence-electron chi connectivity index (χ3n) is 5.97. The van der Waals surface area contributed by atoms with Gasteiger partial charge in [-0.25, -0.2) is 0 Å². The minimum Gasteiger partial charge on any atom is -0.496 e. The molecule has 0 bridgehead atoms. The smallest absolute Gasteiger partial charge is 0.124 e. The van der Waals surface area contributed by atoms with E-state index in [1.165, 1.54) is 22.3 Å². The topological polar surface area (TPSA) is 33.7 Å². The Morgan fingerprint density at radius 1 is 1.07 bits per heavy atom. The van der Waals surface area contributed by atoms with Crippen LogP contribution in [0.25, 0.3) is 0 Å². The molecule has 0 saturated carbocycles. The molecular formula is C25H36N2O2. The summed E-state index contributed by atoms with van der Waals surface area (Å²) in [7, 11) is 1.75. The number of ether oxygens (including phenoxy) is 2. The lowest BCUT2D eigenvalue weighted by Crippen LogP contribution is -2.31. The third-order valence-corrected chi connectivity index (χ3v) is 5.97. The minimum atomic E-state index is 0.150. The van der Waals surface area contributed by atoms with Crippen LogP contribution in [0.1, 0.15) is 61.9 Å². The quantitative estimate of drug-likeness (QED) is 0.662. The highest BCUT2D eigenvalue weighted by Gasteiger charge is 2.25. The fraction of sp³-hybridized carbons (Fsp3) is 0.520. The Labute approximate surface area is 176 Å². The molecule has 1 atom stereocenters. The number of fused-ring (bicyclic) bond motifs is 1. The van der Waals surface area contributed by atoms with E-state index >= 15 is 0 Å². The standard InChI is InChI=1S/C25H36N2O2/c1-6-27(7-2)14-15-29-21-9-10-22-20(16-21)12-13-26-25(22)23-17-19(18(3)4)8-11-24(23)28-5/h8-11,16-18,25-26H,6-7,12-15H2,1-5H3. The van der Waals surface area contributed by atoms with Crippen LogP contribution in [0.15, 0.2) is 36.4 Å². The molecular weight excluding hydrogens is 360 g/mol. The molecule has 0 saturated heterocycles. The largest absolute Gasteiger partial charge is 0.496 e. The van der Waals surface area contributed by atoms with Crippen LogP contribution in [0, 0.1) is 0 Å². The van der Waals surface area contributed by atoms with Crippen LogP contribution < -0.4 is 14.8 Å². The lowest BCUT2D eigenvalue weighted by atomic mass is 9.87. The molecule has 1 unspecified atom stereocenters. The molecule has 0 amide bonds. The zero-order chi connectivity index (χ0) is 20.8. The second-order valence-corrected chi connectivity index (χ2v) is 8.03. The van der Waals surface area contributed by atoms with Gasteiger partial charge in [-0.3, -0.25) is 0 Å². The van der Waals surface area contributed by atoms with Gasteiger partial charge in [-0.1, -0.05) is 39.8 Å². The number of nitrogens with one attached hydrogen (secondary N) is 1. The maximum atomic E-state index is 6.06. The third kappa shape index (κ3) is 5.12. The van der Waals surface area contributed by atoms with Crippen molar-refractivity contribution in [3.05, 3.63) is 58.7 Å². The summed E-state index contributed by atoms with van der Waals surface area (Å²) in [6.45, 7) is 13.6. The molecule has 0 aliphatic carbocycles. The zero-order valence-corrected chi connectivity index (χ0v) is 18.6. The van der Waals surface area contributed by atoms with Crippen molar-refractivity contribution >= 4 is 0 Å². The van der Waals surface area contributed by atoms with E-state index in [0.29, 0.717) is 5.92 Å². The molecule has 29 heavy (non-hydrogen) atoms. The van der Waals surface area contributed by atoms with Gasteiger partial charge in [0, 0.05) is 18.7 Å². The van der Waals surface area contributed by atoms with E-state index in [2.05, 4.69) is 74.3 Å². The van der Waals surface area contributed by atoms with Gasteiger partial charge in [0.15, 0.2) is 0 Å². The predicted molar refractivity (Wildman–Crippen MR) is 120 cm³/mol. The molecule has 1 heterocycles. The number of benzene rings is 2. The first-order valence-corrected chi connectivity index (χ1v) is 11.0. The summed E-state index contributed by atoms with van der Waals surface area (Å²) in [4.78, 5) is 2.38. The van der Waals surface area contributed by atoms with Crippen LogP contribution >= 0.6 is 0 Å². The van der Waals surface area contributed by atoms with E-state index < -0.39 is 0 Å². The maximum Gasteiger partial charge on any atom is 0.124 e. The Morgan fingerprint density at radius 2 is 1.86 bits per heavy atom. The summed E-state index contributed by atoms with van der Waals surface area (Å²) in [5, 5.41) is 3.70. The number of hydrogen-bond acceptors (Lipinski definition) is 4. The molecule has 0 radical (unpaired) electrons. The molecule has 1 aliphatic rings. The molecule has 4 nitrogen and oxygen atoms in total. The monoisotopic (exact) mass is 396 g/mol. The second kappa shape index (κ2) is 10.1. The molecule has 0 spiro atoms. The van der Waals surface area contributed by atoms with Gasteiger partial charge in [0.2, 0.25) is 0 Å². The van der Waals surface area contributed by atoms with Crippen molar-refractivity contribution in [1.82, 2.24) is 10.2 Å². The average Bonchev–Trinajstić information content (AvgIpc) is 2.75. The van der Waals surface area contributed by atoms with E-state index in [1.54, 1.807) is 7.11 Å². The molecule has 4 heteroatoms. The zero-order valence-electron chi connectivity index (χ0n) is 18.6. The molecule has 3 rings (SSSR count). The van der Waals surface area contributed by atoms with E-state index in [9.17, 15) is 0 Å². The number of methoxy groups -OCH3 is 1. The summed E-state index contributed by atoms with van der Waals surface area (Å²) in [6, 6.07) is 13.3. The van der Waals surface area contributed by atoms with Crippen molar-refractivity contribution in [2.45, 2.75) is 46.1 Å². The Balaban J connectivity index is 1.82. The number of hydrogen-bond donors (Lipinski definition) is 1. The molecule has 1 aliphatic heterocycles. The summed E-state index contributed by atoms with van der Waals surface area (Å²) in [6.07, 6.45) is 1.02. The fourth-order valence-electron chi connectivity index (χ4n) is 4.08. The summed E-state index contributed by atoms with van der Waals surface area (Å²) >= 11 is 0. The highest BCUT2D eigenvalue weighted by Crippen LogP contribution is 2.37. The lowest BCUT2D eigenvalue weighted by molar-refractivity contribution is 0.222. The first kappa shape index (κ1) is 21.7. The second-order valence-electron chi connectivity index (χ2n) is 8.03. The molecule has 158 valence electrons. The highest BCUT2D eigenvalue weighted by molar-refractivity contribution is 5.49. The Morgan fingerprint density at radius 3 is 2.55 bits per heavy atom. The normalized spacial score (nSPS) is 16.2. The number of rotatable bonds is 9. The first-order chi connectivity index (χ1) is 14.1. The van der Waals surface area contributed by atoms with Gasteiger partial charge >= 0.3 is 0 Å². The number of likely N-dealkylation sites (N-methyl/N-ethyl adjacent to an activating group) is 1. The molecule has 0 aromatic heterocycles. The van der Waals surface area contributed by atoms with Crippen molar-refractivity contribution in [2.24, 2.45) is 0 Å². The van der Waals surface area contributed by atoms with Crippen LogP contribution in [-0.4, -0.2) is 44.8 Å². The Kier molecular flexibility index (Phi) is 7.57. The molecule has 2 aromatic rings. The van der Waals surface area contributed by atoms with Crippen molar-refractivity contribution in [3.8, 4) is 11.5 Å². The maximum absolute atomic E-state index is 6.06. The molecule has 0 fully saturated rings. The van der Waals surface area contributed by atoms with E-state index in [4.69, 9.17) is 9.47 Å². The lowest BCUT2D eigenvalue weighted by Gasteiger charge is -2.29. The Bertz CT molecular complexity index is 799. The van der Waals surface area contributed by atoms with Gasteiger partial charge in [-0.2, -0.15) is 0 Å². The summed E-state index contributed by atoms with van der Waals surface area (Å²) in [5.74, 6) is 2.41. The molecule has 2 aromatic carbocycles. The van der Waals surface area contributed by atoms with Gasteiger partial charge < -0.3 is 19.7 Å². The summed E-state index contributed by atoms with van der Waals surface area (Å²) in [5.41, 5.74) is 5.25. The number of nitrogens with zero attached hydrogens (tertiary/aromatic N) is 1. The van der Waals surface area contributed by atoms with Crippen LogP contribution in [0.4, 0.5) is 0 Å². The molecule has 1 N–H and O–H groups in total. The van der Waals surface area contributed by atoms with E-state index in [0.717, 1.165) is 50.7 Å². The van der Waals surface area contributed by atoms with Crippen molar-refractivity contribution in [2.75, 3.05) is 39.9 Å². The van der Waals surface area contributed by atoms with Crippen molar-refractivity contribution < 1.29 is 9.47 Å². The predicted octanol–water partition coefficient (Wildman–Crippen LogP) is 4.77. The van der Waals surface area contributed by atoms with Crippen molar-refractivity contribution in [3.63, 3.8) is 0 Å². The average molecular weight is 397 g/mol. The van der Waals surface area contributed by atoms with E-state index in [1.807, 2.05) is 0 Å². The van der Waals surface area contributed by atoms with Crippen molar-refractivity contribution in [1.29, 1.82) is 0 Å². The van der Waals surface area contributed by atoms with Gasteiger partial charge in [0.1, 0.15) is 18.1 Å². The van der Waals surface area contributed by atoms with Crippen LogP contribution in [0.2, 0.25) is 0 Å². The van der Waals surface area contributed by atoms with Crippen LogP contribution in [-0.2, 0) is 6.42 Å². The fourth-order valence-corrected chi connectivity index (χ4v) is 4.08. The van der Waals surface area contributed by atoms with Crippen LogP contribution in [0.5, 0.6) is 11.5 Å². The SMILES string of the molecule is CCN(CC)CCOc1ccc2c(c1)CCNC2c1cc(C(C)C)ccc1OC. The minimum absolute atomic E-state index is 0.150. The van der Waals surface area contributed by atoms with E-state index in [-0.39, 0.29) is 6.04 Å². The highest BCUT2D eigenvalue weighted by atomic mass is 16.5. The Hall–Kier alpha value is -2.04. The first-order valence-electron chi connectivity index (χ1n) is 11.0. The van der Waals surface area contributed by atoms with Gasteiger partial charge in [0.05, 0.1) is 13.2 Å².